The van der Waals surface area contributed by atoms with Crippen LogP contribution in [0.15, 0.2) is 46.9 Å². The van der Waals surface area contributed by atoms with Gasteiger partial charge >= 0.3 is 0 Å². The number of halogens is 1. The van der Waals surface area contributed by atoms with Crippen LogP contribution < -0.4 is 16.6 Å². The minimum atomic E-state index is -0.205. The van der Waals surface area contributed by atoms with E-state index in [0.717, 1.165) is 15.7 Å². The Kier molecular flexibility index (Phi) is 4.19. The highest BCUT2D eigenvalue weighted by molar-refractivity contribution is 9.10. The number of aryl methyl sites for hydroxylation is 1. The summed E-state index contributed by atoms with van der Waals surface area (Å²) in [6.07, 6.45) is 0. The third kappa shape index (κ3) is 3.13. The van der Waals surface area contributed by atoms with Gasteiger partial charge < -0.3 is 10.7 Å². The molecule has 0 heterocycles. The Morgan fingerprint density at radius 1 is 1.16 bits per heavy atom. The molecule has 1 amide bonds. The number of hydrazine groups is 1. The van der Waals surface area contributed by atoms with E-state index in [9.17, 15) is 4.79 Å². The molecule has 4 nitrogen and oxygen atoms in total. The van der Waals surface area contributed by atoms with E-state index in [2.05, 4.69) is 26.7 Å². The first kappa shape index (κ1) is 13.6. The molecule has 0 aromatic heterocycles. The summed E-state index contributed by atoms with van der Waals surface area (Å²) >= 11 is 3.39. The van der Waals surface area contributed by atoms with Gasteiger partial charge in [-0.15, -0.1) is 0 Å². The van der Waals surface area contributed by atoms with Crippen molar-refractivity contribution in [1.29, 1.82) is 0 Å². The number of benzene rings is 2. The summed E-state index contributed by atoms with van der Waals surface area (Å²) in [5.74, 6) is 5.22. The lowest BCUT2D eigenvalue weighted by atomic mass is 10.1. The second-order valence-corrected chi connectivity index (χ2v) is 4.98. The zero-order valence-corrected chi connectivity index (χ0v) is 12.0. The highest BCUT2D eigenvalue weighted by Gasteiger charge is 2.12. The van der Waals surface area contributed by atoms with Gasteiger partial charge in [-0.05, 0) is 47.1 Å². The summed E-state index contributed by atoms with van der Waals surface area (Å²) in [7, 11) is 0. The fourth-order valence-corrected chi connectivity index (χ4v) is 2.11. The quantitative estimate of drug-likeness (QED) is 0.600. The number of carbonyl (C=O) groups excluding carboxylic acids is 1. The van der Waals surface area contributed by atoms with E-state index < -0.39 is 0 Å². The average molecular weight is 320 g/mol. The van der Waals surface area contributed by atoms with E-state index in [1.807, 2.05) is 37.3 Å². The van der Waals surface area contributed by atoms with Crippen LogP contribution in [0.2, 0.25) is 0 Å². The van der Waals surface area contributed by atoms with Gasteiger partial charge in [0.1, 0.15) is 0 Å². The third-order valence-corrected chi connectivity index (χ3v) is 3.39. The van der Waals surface area contributed by atoms with Crippen molar-refractivity contribution in [3.63, 3.8) is 0 Å². The van der Waals surface area contributed by atoms with E-state index in [1.54, 1.807) is 12.1 Å². The summed E-state index contributed by atoms with van der Waals surface area (Å²) < 4.78 is 0.832. The van der Waals surface area contributed by atoms with Gasteiger partial charge in [0, 0.05) is 4.47 Å². The highest BCUT2D eigenvalue weighted by atomic mass is 79.9. The molecular formula is C14H14BrN3O. The van der Waals surface area contributed by atoms with Crippen molar-refractivity contribution in [2.45, 2.75) is 6.92 Å². The molecule has 0 saturated heterocycles. The van der Waals surface area contributed by atoms with Gasteiger partial charge in [0.25, 0.3) is 5.91 Å². The van der Waals surface area contributed by atoms with Gasteiger partial charge in [0.15, 0.2) is 0 Å². The molecule has 0 spiro atoms. The molecule has 2 rings (SSSR count). The molecule has 0 radical (unpaired) electrons. The molecule has 0 fully saturated rings. The van der Waals surface area contributed by atoms with Gasteiger partial charge in [-0.3, -0.25) is 10.6 Å². The topological polar surface area (TPSA) is 67.1 Å². The van der Waals surface area contributed by atoms with Crippen LogP contribution in [0.5, 0.6) is 0 Å². The fraction of sp³-hybridized carbons (Fsp3) is 0.0714. The Balaban J connectivity index is 2.30. The maximum absolute atomic E-state index is 12.3. The average Bonchev–Trinajstić information content (AvgIpc) is 2.41. The molecule has 98 valence electrons. The molecule has 5 heteroatoms. The normalized spacial score (nSPS) is 10.1. The van der Waals surface area contributed by atoms with Crippen LogP contribution in [0, 0.1) is 6.92 Å². The number of rotatable bonds is 3. The number of nitrogen functional groups attached to an aromatic ring is 1. The number of carbonyl (C=O) groups is 1. The van der Waals surface area contributed by atoms with Crippen LogP contribution >= 0.6 is 15.9 Å². The Labute approximate surface area is 120 Å². The number of nitrogens with one attached hydrogen (secondary N) is 2. The van der Waals surface area contributed by atoms with Gasteiger partial charge in [0.2, 0.25) is 0 Å². The zero-order chi connectivity index (χ0) is 13.8. The van der Waals surface area contributed by atoms with Gasteiger partial charge in [-0.25, -0.2) is 0 Å². The Morgan fingerprint density at radius 2 is 1.89 bits per heavy atom. The van der Waals surface area contributed by atoms with E-state index in [4.69, 9.17) is 5.84 Å². The number of hydrogen-bond acceptors (Lipinski definition) is 3. The molecule has 0 aliphatic heterocycles. The van der Waals surface area contributed by atoms with E-state index in [1.165, 1.54) is 0 Å². The van der Waals surface area contributed by atoms with E-state index in [0.29, 0.717) is 11.3 Å². The fourth-order valence-electron chi connectivity index (χ4n) is 1.72. The second kappa shape index (κ2) is 5.86. The Hall–Kier alpha value is -1.85. The molecule has 2 aromatic rings. The number of para-hydroxylation sites is 1. The van der Waals surface area contributed by atoms with Crippen LogP contribution in [-0.2, 0) is 0 Å². The molecule has 0 unspecified atom stereocenters. The molecular weight excluding hydrogens is 306 g/mol. The standard InChI is InChI=1S/C14H14BrN3O/c1-9-6-7-12(18-16)10(8-9)14(19)17-13-5-3-2-4-11(13)15/h2-8,18H,16H2,1H3,(H,17,19). The van der Waals surface area contributed by atoms with Crippen molar-refractivity contribution in [2.24, 2.45) is 5.84 Å². The lowest BCUT2D eigenvalue weighted by Gasteiger charge is -2.11. The lowest BCUT2D eigenvalue weighted by Crippen LogP contribution is -2.17. The first-order valence-electron chi connectivity index (χ1n) is 5.75. The molecule has 0 aliphatic carbocycles. The molecule has 2 aromatic carbocycles. The van der Waals surface area contributed by atoms with Crippen LogP contribution in [0.3, 0.4) is 0 Å². The molecule has 0 aliphatic rings. The zero-order valence-electron chi connectivity index (χ0n) is 10.4. The monoisotopic (exact) mass is 319 g/mol. The SMILES string of the molecule is Cc1ccc(NN)c(C(=O)Nc2ccccc2Br)c1. The predicted octanol–water partition coefficient (Wildman–Crippen LogP) is 3.30. The minimum Gasteiger partial charge on any atom is -0.323 e. The second-order valence-electron chi connectivity index (χ2n) is 4.13. The summed E-state index contributed by atoms with van der Waals surface area (Å²) in [5.41, 5.74) is 5.35. The van der Waals surface area contributed by atoms with Crippen molar-refractivity contribution in [2.75, 3.05) is 10.7 Å². The van der Waals surface area contributed by atoms with E-state index >= 15 is 0 Å². The maximum atomic E-state index is 12.3. The third-order valence-electron chi connectivity index (χ3n) is 2.70. The van der Waals surface area contributed by atoms with Crippen molar-refractivity contribution >= 4 is 33.2 Å². The van der Waals surface area contributed by atoms with E-state index in [-0.39, 0.29) is 5.91 Å². The summed E-state index contributed by atoms with van der Waals surface area (Å²) in [6.45, 7) is 1.93. The number of nitrogens with two attached hydrogens (primary N) is 1. The highest BCUT2D eigenvalue weighted by Crippen LogP contribution is 2.23. The summed E-state index contributed by atoms with van der Waals surface area (Å²) in [4.78, 5) is 12.3. The molecule has 4 N–H and O–H groups in total. The van der Waals surface area contributed by atoms with Crippen molar-refractivity contribution in [3.8, 4) is 0 Å². The smallest absolute Gasteiger partial charge is 0.257 e. The molecule has 0 atom stereocenters. The largest absolute Gasteiger partial charge is 0.323 e. The number of anilines is 2. The Morgan fingerprint density at radius 3 is 2.58 bits per heavy atom. The number of amides is 1. The summed E-state index contributed by atoms with van der Waals surface area (Å²) in [5, 5.41) is 2.85. The predicted molar refractivity (Wildman–Crippen MR) is 81.1 cm³/mol. The van der Waals surface area contributed by atoms with Crippen molar-refractivity contribution in [3.05, 3.63) is 58.1 Å². The van der Waals surface area contributed by atoms with Crippen LogP contribution in [0.25, 0.3) is 0 Å². The van der Waals surface area contributed by atoms with Crippen molar-refractivity contribution < 1.29 is 4.79 Å². The van der Waals surface area contributed by atoms with Gasteiger partial charge in [-0.1, -0.05) is 23.8 Å². The Bertz CT molecular complexity index is 613. The van der Waals surface area contributed by atoms with Crippen LogP contribution in [0.1, 0.15) is 15.9 Å². The molecule has 0 saturated carbocycles. The van der Waals surface area contributed by atoms with Crippen LogP contribution in [-0.4, -0.2) is 5.91 Å². The molecule has 0 bridgehead atoms. The maximum Gasteiger partial charge on any atom is 0.257 e. The first-order valence-corrected chi connectivity index (χ1v) is 6.54. The first-order chi connectivity index (χ1) is 9.11. The van der Waals surface area contributed by atoms with Gasteiger partial charge in [0.05, 0.1) is 16.9 Å². The van der Waals surface area contributed by atoms with Gasteiger partial charge in [-0.2, -0.15) is 0 Å². The number of hydrogen-bond donors (Lipinski definition) is 3. The molecule has 19 heavy (non-hydrogen) atoms. The minimum absolute atomic E-state index is 0.205. The van der Waals surface area contributed by atoms with Crippen LogP contribution in [0.4, 0.5) is 11.4 Å². The summed E-state index contributed by atoms with van der Waals surface area (Å²) in [6, 6.07) is 12.9. The van der Waals surface area contributed by atoms with Crippen molar-refractivity contribution in [1.82, 2.24) is 0 Å². The lowest BCUT2D eigenvalue weighted by molar-refractivity contribution is 0.102.